The Labute approximate surface area is 97.1 Å². The van der Waals surface area contributed by atoms with E-state index < -0.39 is 0 Å². The van der Waals surface area contributed by atoms with Gasteiger partial charge in [-0.05, 0) is 68.8 Å². The predicted molar refractivity (Wildman–Crippen MR) is 65.0 cm³/mol. The van der Waals surface area contributed by atoms with E-state index >= 15 is 0 Å². The molecule has 88 valence electrons. The largest absolute Gasteiger partial charge is 0.314 e. The van der Waals surface area contributed by atoms with Crippen molar-refractivity contribution in [2.24, 2.45) is 5.92 Å². The van der Waals surface area contributed by atoms with Gasteiger partial charge in [-0.15, -0.1) is 0 Å². The SMILES string of the molecule is Cc1cc(F)ccc1CCNC(C)C1CC1. The second-order valence-electron chi connectivity index (χ2n) is 4.90. The fourth-order valence-corrected chi connectivity index (χ4v) is 2.14. The molecule has 1 nitrogen and oxygen atoms in total. The summed E-state index contributed by atoms with van der Waals surface area (Å²) in [6.45, 7) is 5.22. The maximum Gasteiger partial charge on any atom is 0.123 e. The Morgan fingerprint density at radius 2 is 2.19 bits per heavy atom. The van der Waals surface area contributed by atoms with Gasteiger partial charge in [0, 0.05) is 6.04 Å². The van der Waals surface area contributed by atoms with E-state index in [1.165, 1.54) is 18.4 Å². The maximum atomic E-state index is 12.9. The number of aryl methyl sites for hydroxylation is 1. The van der Waals surface area contributed by atoms with Gasteiger partial charge >= 0.3 is 0 Å². The minimum absolute atomic E-state index is 0.138. The van der Waals surface area contributed by atoms with Gasteiger partial charge in [-0.1, -0.05) is 6.07 Å². The third kappa shape index (κ3) is 3.05. The highest BCUT2D eigenvalue weighted by Crippen LogP contribution is 2.32. The molecule has 0 amide bonds. The fourth-order valence-electron chi connectivity index (χ4n) is 2.14. The van der Waals surface area contributed by atoms with Crippen LogP contribution in [0.3, 0.4) is 0 Å². The molecule has 0 aliphatic heterocycles. The second-order valence-corrected chi connectivity index (χ2v) is 4.90. The summed E-state index contributed by atoms with van der Waals surface area (Å²) >= 11 is 0. The van der Waals surface area contributed by atoms with Gasteiger partial charge in [-0.25, -0.2) is 4.39 Å². The zero-order chi connectivity index (χ0) is 11.5. The lowest BCUT2D eigenvalue weighted by Crippen LogP contribution is -2.29. The summed E-state index contributed by atoms with van der Waals surface area (Å²) in [6.07, 6.45) is 3.75. The molecule has 0 radical (unpaired) electrons. The third-order valence-corrected chi connectivity index (χ3v) is 3.49. The summed E-state index contributed by atoms with van der Waals surface area (Å²) < 4.78 is 12.9. The molecule has 1 atom stereocenters. The average molecular weight is 221 g/mol. The average Bonchev–Trinajstić information content (AvgIpc) is 3.04. The molecule has 0 heterocycles. The zero-order valence-corrected chi connectivity index (χ0v) is 10.1. The number of nitrogens with one attached hydrogen (secondary N) is 1. The number of rotatable bonds is 5. The molecule has 1 aliphatic rings. The number of halogens is 1. The fraction of sp³-hybridized carbons (Fsp3) is 0.571. The molecule has 1 fully saturated rings. The summed E-state index contributed by atoms with van der Waals surface area (Å²) in [5, 5.41) is 3.54. The van der Waals surface area contributed by atoms with Crippen LogP contribution in [-0.4, -0.2) is 12.6 Å². The van der Waals surface area contributed by atoms with Crippen LogP contribution in [0.4, 0.5) is 4.39 Å². The van der Waals surface area contributed by atoms with Crippen LogP contribution in [0, 0.1) is 18.7 Å². The molecule has 0 aromatic heterocycles. The first kappa shape index (κ1) is 11.6. The number of benzene rings is 1. The van der Waals surface area contributed by atoms with Gasteiger partial charge < -0.3 is 5.32 Å². The number of hydrogen-bond donors (Lipinski definition) is 1. The van der Waals surface area contributed by atoms with Crippen molar-refractivity contribution in [3.05, 3.63) is 35.1 Å². The van der Waals surface area contributed by atoms with Gasteiger partial charge in [-0.2, -0.15) is 0 Å². The zero-order valence-electron chi connectivity index (χ0n) is 10.1. The molecule has 2 heteroatoms. The van der Waals surface area contributed by atoms with Crippen LogP contribution in [-0.2, 0) is 6.42 Å². The van der Waals surface area contributed by atoms with Crippen molar-refractivity contribution in [2.45, 2.75) is 39.2 Å². The molecule has 0 saturated heterocycles. The van der Waals surface area contributed by atoms with Crippen LogP contribution in [0.5, 0.6) is 0 Å². The summed E-state index contributed by atoms with van der Waals surface area (Å²) in [5.41, 5.74) is 2.30. The van der Waals surface area contributed by atoms with Crippen molar-refractivity contribution in [3.63, 3.8) is 0 Å². The molecule has 1 aromatic rings. The van der Waals surface area contributed by atoms with Crippen LogP contribution in [0.2, 0.25) is 0 Å². The molecular formula is C14H20FN. The van der Waals surface area contributed by atoms with Gasteiger partial charge in [-0.3, -0.25) is 0 Å². The molecule has 2 rings (SSSR count). The van der Waals surface area contributed by atoms with Gasteiger partial charge in [0.25, 0.3) is 0 Å². The Kier molecular flexibility index (Phi) is 3.59. The molecule has 1 aliphatic carbocycles. The smallest absolute Gasteiger partial charge is 0.123 e. The van der Waals surface area contributed by atoms with Gasteiger partial charge in [0.05, 0.1) is 0 Å². The molecule has 1 unspecified atom stereocenters. The Hall–Kier alpha value is -0.890. The van der Waals surface area contributed by atoms with E-state index in [9.17, 15) is 4.39 Å². The normalized spacial score (nSPS) is 17.4. The topological polar surface area (TPSA) is 12.0 Å². The Morgan fingerprint density at radius 1 is 1.44 bits per heavy atom. The predicted octanol–water partition coefficient (Wildman–Crippen LogP) is 3.06. The first-order valence-electron chi connectivity index (χ1n) is 6.15. The monoisotopic (exact) mass is 221 g/mol. The molecule has 16 heavy (non-hydrogen) atoms. The Bertz CT molecular complexity index is 358. The van der Waals surface area contributed by atoms with Crippen molar-refractivity contribution in [1.29, 1.82) is 0 Å². The Balaban J connectivity index is 1.80. The van der Waals surface area contributed by atoms with Crippen LogP contribution < -0.4 is 5.32 Å². The number of hydrogen-bond acceptors (Lipinski definition) is 1. The van der Waals surface area contributed by atoms with E-state index in [4.69, 9.17) is 0 Å². The van der Waals surface area contributed by atoms with Crippen molar-refractivity contribution in [2.75, 3.05) is 6.54 Å². The van der Waals surface area contributed by atoms with E-state index in [0.717, 1.165) is 24.4 Å². The van der Waals surface area contributed by atoms with E-state index in [1.54, 1.807) is 12.1 Å². The second kappa shape index (κ2) is 4.96. The molecule has 1 saturated carbocycles. The van der Waals surface area contributed by atoms with Crippen molar-refractivity contribution < 1.29 is 4.39 Å². The van der Waals surface area contributed by atoms with Crippen molar-refractivity contribution >= 4 is 0 Å². The van der Waals surface area contributed by atoms with E-state index in [0.29, 0.717) is 6.04 Å². The summed E-state index contributed by atoms with van der Waals surface area (Å²) in [4.78, 5) is 0. The quantitative estimate of drug-likeness (QED) is 0.805. The summed E-state index contributed by atoms with van der Waals surface area (Å²) in [7, 11) is 0. The van der Waals surface area contributed by atoms with Crippen LogP contribution in [0.1, 0.15) is 30.9 Å². The molecule has 1 aromatic carbocycles. The Morgan fingerprint density at radius 3 is 2.81 bits per heavy atom. The summed E-state index contributed by atoms with van der Waals surface area (Å²) in [5.74, 6) is 0.759. The van der Waals surface area contributed by atoms with Gasteiger partial charge in [0.2, 0.25) is 0 Å². The van der Waals surface area contributed by atoms with Crippen LogP contribution in [0.25, 0.3) is 0 Å². The van der Waals surface area contributed by atoms with Gasteiger partial charge in [0.1, 0.15) is 5.82 Å². The highest BCUT2D eigenvalue weighted by atomic mass is 19.1. The third-order valence-electron chi connectivity index (χ3n) is 3.49. The molecule has 0 bridgehead atoms. The lowest BCUT2D eigenvalue weighted by Gasteiger charge is -2.13. The highest BCUT2D eigenvalue weighted by molar-refractivity contribution is 5.26. The summed E-state index contributed by atoms with van der Waals surface area (Å²) in [6, 6.07) is 5.70. The maximum absolute atomic E-state index is 12.9. The minimum Gasteiger partial charge on any atom is -0.314 e. The standard InChI is InChI=1S/C14H20FN/c1-10-9-14(15)6-5-12(10)7-8-16-11(2)13-3-4-13/h5-6,9,11,13,16H,3-4,7-8H2,1-2H3. The first-order valence-corrected chi connectivity index (χ1v) is 6.15. The van der Waals surface area contributed by atoms with E-state index in [1.807, 2.05) is 13.0 Å². The van der Waals surface area contributed by atoms with Crippen molar-refractivity contribution in [1.82, 2.24) is 5.32 Å². The minimum atomic E-state index is -0.138. The van der Waals surface area contributed by atoms with E-state index in [-0.39, 0.29) is 5.82 Å². The lowest BCUT2D eigenvalue weighted by molar-refractivity contribution is 0.499. The van der Waals surface area contributed by atoms with Crippen LogP contribution in [0.15, 0.2) is 18.2 Å². The lowest BCUT2D eigenvalue weighted by atomic mass is 10.1. The van der Waals surface area contributed by atoms with Gasteiger partial charge in [0.15, 0.2) is 0 Å². The molecule has 0 spiro atoms. The highest BCUT2D eigenvalue weighted by Gasteiger charge is 2.27. The first-order chi connectivity index (χ1) is 7.66. The van der Waals surface area contributed by atoms with Crippen molar-refractivity contribution in [3.8, 4) is 0 Å². The molecular weight excluding hydrogens is 201 g/mol. The molecule has 1 N–H and O–H groups in total. The van der Waals surface area contributed by atoms with Crippen LogP contribution >= 0.6 is 0 Å². The van der Waals surface area contributed by atoms with E-state index in [2.05, 4.69) is 12.2 Å².